The summed E-state index contributed by atoms with van der Waals surface area (Å²) in [5.74, 6) is -1.22. The van der Waals surface area contributed by atoms with Crippen LogP contribution in [0.2, 0.25) is 5.02 Å². The summed E-state index contributed by atoms with van der Waals surface area (Å²) < 4.78 is 63.7. The second-order valence-corrected chi connectivity index (χ2v) is 7.95. The van der Waals surface area contributed by atoms with Crippen LogP contribution in [-0.2, 0) is 17.8 Å². The lowest BCUT2D eigenvalue weighted by atomic mass is 10.1. The molecule has 1 heterocycles. The molecule has 1 unspecified atom stereocenters. The van der Waals surface area contributed by atoms with Gasteiger partial charge in [-0.05, 0) is 35.9 Å². The van der Waals surface area contributed by atoms with Crippen LogP contribution in [0.4, 0.5) is 18.9 Å². The zero-order valence-electron chi connectivity index (χ0n) is 16.1. The largest absolute Gasteiger partial charge is 0.573 e. The topological polar surface area (TPSA) is 82.1 Å². The Hall–Kier alpha value is -2.34. The SMILES string of the molecule is O=C(c1ccc(NS(=O)O)c(OC(F)(F)F)c1)N1CCN(Cc2cccc(Cl)c2)CC1. The van der Waals surface area contributed by atoms with Gasteiger partial charge in [0.1, 0.15) is 0 Å². The number of rotatable bonds is 6. The molecule has 0 aromatic heterocycles. The Balaban J connectivity index is 1.67. The van der Waals surface area contributed by atoms with Gasteiger partial charge in [-0.15, -0.1) is 13.2 Å². The fraction of sp³-hybridized carbons (Fsp3) is 0.316. The third kappa shape index (κ3) is 6.82. The Bertz CT molecular complexity index is 969. The van der Waals surface area contributed by atoms with Gasteiger partial charge in [-0.25, -0.2) is 4.21 Å². The van der Waals surface area contributed by atoms with Crippen LogP contribution in [0.3, 0.4) is 0 Å². The van der Waals surface area contributed by atoms with E-state index >= 15 is 0 Å². The van der Waals surface area contributed by atoms with Gasteiger partial charge in [-0.3, -0.25) is 19.0 Å². The number of halogens is 4. The maximum Gasteiger partial charge on any atom is 0.573 e. The van der Waals surface area contributed by atoms with Crippen LogP contribution >= 0.6 is 11.6 Å². The van der Waals surface area contributed by atoms with Crippen molar-refractivity contribution in [3.05, 3.63) is 58.6 Å². The molecule has 0 aliphatic carbocycles. The van der Waals surface area contributed by atoms with E-state index in [1.165, 1.54) is 6.07 Å². The Kier molecular flexibility index (Phi) is 7.42. The molecular weight excluding hydrogens is 459 g/mol. The minimum atomic E-state index is -5.03. The molecule has 168 valence electrons. The molecule has 2 N–H and O–H groups in total. The second-order valence-electron chi connectivity index (χ2n) is 6.81. The van der Waals surface area contributed by atoms with Gasteiger partial charge in [0, 0.05) is 43.3 Å². The van der Waals surface area contributed by atoms with Crippen molar-refractivity contribution in [1.82, 2.24) is 9.80 Å². The minimum Gasteiger partial charge on any atom is -0.404 e. The number of alkyl halides is 3. The van der Waals surface area contributed by atoms with Gasteiger partial charge in [0.2, 0.25) is 0 Å². The van der Waals surface area contributed by atoms with E-state index in [2.05, 4.69) is 9.64 Å². The highest BCUT2D eigenvalue weighted by Crippen LogP contribution is 2.32. The number of nitrogens with one attached hydrogen (secondary N) is 1. The van der Waals surface area contributed by atoms with Crippen molar-refractivity contribution in [2.45, 2.75) is 12.9 Å². The van der Waals surface area contributed by atoms with Crippen molar-refractivity contribution >= 4 is 34.5 Å². The van der Waals surface area contributed by atoms with E-state index in [0.717, 1.165) is 17.7 Å². The smallest absolute Gasteiger partial charge is 0.404 e. The molecule has 0 spiro atoms. The summed E-state index contributed by atoms with van der Waals surface area (Å²) in [7, 11) is 0. The minimum absolute atomic E-state index is 0.0168. The van der Waals surface area contributed by atoms with E-state index in [9.17, 15) is 22.2 Å². The molecule has 0 saturated carbocycles. The van der Waals surface area contributed by atoms with E-state index < -0.39 is 29.3 Å². The summed E-state index contributed by atoms with van der Waals surface area (Å²) >= 11 is 3.39. The highest BCUT2D eigenvalue weighted by atomic mass is 35.5. The number of amides is 1. The molecule has 31 heavy (non-hydrogen) atoms. The number of piperazine rings is 1. The molecule has 1 fully saturated rings. The number of carbonyl (C=O) groups excluding carboxylic acids is 1. The van der Waals surface area contributed by atoms with Gasteiger partial charge in [-0.2, -0.15) is 0 Å². The van der Waals surface area contributed by atoms with Crippen LogP contribution in [0.1, 0.15) is 15.9 Å². The number of nitrogens with zero attached hydrogens (tertiary/aromatic N) is 2. The molecule has 1 aliphatic rings. The molecule has 7 nitrogen and oxygen atoms in total. The molecular formula is C19H19ClF3N3O4S. The van der Waals surface area contributed by atoms with Gasteiger partial charge in [0.05, 0.1) is 5.69 Å². The van der Waals surface area contributed by atoms with Gasteiger partial charge < -0.3 is 9.64 Å². The number of hydrogen-bond donors (Lipinski definition) is 2. The molecule has 3 rings (SSSR count). The van der Waals surface area contributed by atoms with Crippen LogP contribution in [0.15, 0.2) is 42.5 Å². The molecule has 2 aromatic carbocycles. The van der Waals surface area contributed by atoms with Gasteiger partial charge >= 0.3 is 6.36 Å². The average molecular weight is 478 g/mol. The summed E-state index contributed by atoms with van der Waals surface area (Å²) in [4.78, 5) is 16.5. The molecule has 0 bridgehead atoms. The summed E-state index contributed by atoms with van der Waals surface area (Å²) in [6, 6.07) is 10.8. The third-order valence-electron chi connectivity index (χ3n) is 4.61. The summed E-state index contributed by atoms with van der Waals surface area (Å²) in [6.07, 6.45) is -5.03. The maximum atomic E-state index is 12.8. The summed E-state index contributed by atoms with van der Waals surface area (Å²) in [5.41, 5.74) is 0.670. The lowest BCUT2D eigenvalue weighted by Gasteiger charge is -2.35. The lowest BCUT2D eigenvalue weighted by Crippen LogP contribution is -2.48. The third-order valence-corrected chi connectivity index (χ3v) is 5.24. The van der Waals surface area contributed by atoms with E-state index in [4.69, 9.17) is 16.2 Å². The van der Waals surface area contributed by atoms with E-state index in [1.54, 1.807) is 11.0 Å². The Morgan fingerprint density at radius 3 is 2.48 bits per heavy atom. The molecule has 12 heteroatoms. The van der Waals surface area contributed by atoms with Crippen LogP contribution < -0.4 is 9.46 Å². The summed E-state index contributed by atoms with van der Waals surface area (Å²) in [6.45, 7) is 2.65. The zero-order valence-corrected chi connectivity index (χ0v) is 17.6. The van der Waals surface area contributed by atoms with Crippen molar-refractivity contribution in [3.8, 4) is 5.75 Å². The van der Waals surface area contributed by atoms with Crippen molar-refractivity contribution in [2.24, 2.45) is 0 Å². The molecule has 1 aliphatic heterocycles. The quantitative estimate of drug-likeness (QED) is 0.619. The second kappa shape index (κ2) is 9.86. The van der Waals surface area contributed by atoms with Gasteiger partial charge in [-0.1, -0.05) is 23.7 Å². The highest BCUT2D eigenvalue weighted by molar-refractivity contribution is 7.80. The first kappa shape index (κ1) is 23.3. The molecule has 1 amide bonds. The van der Waals surface area contributed by atoms with Crippen molar-refractivity contribution in [1.29, 1.82) is 0 Å². The van der Waals surface area contributed by atoms with E-state index in [-0.39, 0.29) is 11.3 Å². The van der Waals surface area contributed by atoms with Crippen molar-refractivity contribution < 1.29 is 31.5 Å². The maximum absolute atomic E-state index is 12.8. The van der Waals surface area contributed by atoms with Crippen LogP contribution in [-0.4, -0.2) is 57.0 Å². The zero-order chi connectivity index (χ0) is 22.6. The number of anilines is 1. The van der Waals surface area contributed by atoms with E-state index in [0.29, 0.717) is 37.7 Å². The van der Waals surface area contributed by atoms with Crippen LogP contribution in [0, 0.1) is 0 Å². The fourth-order valence-electron chi connectivity index (χ4n) is 3.23. The summed E-state index contributed by atoms with van der Waals surface area (Å²) in [5, 5.41) is 0.645. The standard InChI is InChI=1S/C19H19ClF3N3O4S/c20-15-3-1-2-13(10-15)12-25-6-8-26(9-7-25)18(27)14-4-5-16(24-31(28)29)17(11-14)30-19(21,22)23/h1-5,10-11,24H,6-9,12H2,(H,28,29). The van der Waals surface area contributed by atoms with Crippen molar-refractivity contribution in [2.75, 3.05) is 30.9 Å². The normalized spacial score (nSPS) is 16.1. The first-order valence-corrected chi connectivity index (χ1v) is 10.6. The Morgan fingerprint density at radius 2 is 1.87 bits per heavy atom. The molecule has 0 radical (unpaired) electrons. The average Bonchev–Trinajstić information content (AvgIpc) is 2.68. The van der Waals surface area contributed by atoms with Crippen LogP contribution in [0.25, 0.3) is 0 Å². The monoisotopic (exact) mass is 477 g/mol. The Morgan fingerprint density at radius 1 is 1.16 bits per heavy atom. The predicted molar refractivity (Wildman–Crippen MR) is 110 cm³/mol. The lowest BCUT2D eigenvalue weighted by molar-refractivity contribution is -0.274. The molecule has 1 saturated heterocycles. The van der Waals surface area contributed by atoms with Gasteiger partial charge in [0.25, 0.3) is 17.2 Å². The number of hydrogen-bond acceptors (Lipinski definition) is 4. The molecule has 2 aromatic rings. The van der Waals surface area contributed by atoms with Gasteiger partial charge in [0.15, 0.2) is 5.75 Å². The predicted octanol–water partition coefficient (Wildman–Crippen LogP) is 3.75. The van der Waals surface area contributed by atoms with Crippen LogP contribution in [0.5, 0.6) is 5.75 Å². The number of carbonyl (C=O) groups is 1. The number of benzene rings is 2. The van der Waals surface area contributed by atoms with Crippen molar-refractivity contribution in [3.63, 3.8) is 0 Å². The first-order chi connectivity index (χ1) is 14.6. The van der Waals surface area contributed by atoms with E-state index in [1.807, 2.05) is 22.9 Å². The Labute approximate surface area is 184 Å². The molecule has 1 atom stereocenters. The first-order valence-electron chi connectivity index (χ1n) is 9.14. The fourth-order valence-corrected chi connectivity index (χ4v) is 3.80. The highest BCUT2D eigenvalue weighted by Gasteiger charge is 2.33. The number of ether oxygens (including phenoxy) is 1.